The summed E-state index contributed by atoms with van der Waals surface area (Å²) in [5.41, 5.74) is 3.20. The third-order valence-corrected chi connectivity index (χ3v) is 5.41. The van der Waals surface area contributed by atoms with Gasteiger partial charge < -0.3 is 25.7 Å². The molecule has 1 amide bonds. The van der Waals surface area contributed by atoms with Crippen LogP contribution >= 0.6 is 0 Å². The number of nitrogens with zero attached hydrogens (tertiary/aromatic N) is 3. The van der Waals surface area contributed by atoms with Gasteiger partial charge in [-0.2, -0.15) is 5.10 Å². The Kier molecular flexibility index (Phi) is 6.46. The Balaban J connectivity index is 1.77. The zero-order valence-electron chi connectivity index (χ0n) is 18.2. The first-order valence-corrected chi connectivity index (χ1v) is 10.7. The smallest absolute Gasteiger partial charge is 0.224 e. The minimum absolute atomic E-state index is 0.0310. The van der Waals surface area contributed by atoms with E-state index in [1.54, 1.807) is 6.20 Å². The van der Waals surface area contributed by atoms with E-state index in [1.807, 2.05) is 43.3 Å². The summed E-state index contributed by atoms with van der Waals surface area (Å²) in [7, 11) is 0. The topological polar surface area (TPSA) is 119 Å². The van der Waals surface area contributed by atoms with Gasteiger partial charge in [0.1, 0.15) is 17.5 Å². The zero-order chi connectivity index (χ0) is 22.5. The van der Waals surface area contributed by atoms with Crippen LogP contribution in [-0.2, 0) is 9.53 Å². The molecule has 1 saturated heterocycles. The molecule has 0 spiro atoms. The molecule has 2 aromatic heterocycles. The van der Waals surface area contributed by atoms with Gasteiger partial charge in [0.15, 0.2) is 0 Å². The number of hydrogen-bond acceptors (Lipinski definition) is 7. The molecule has 3 aromatic rings. The summed E-state index contributed by atoms with van der Waals surface area (Å²) in [6.07, 6.45) is 3.39. The number of aromatic nitrogens is 3. The van der Waals surface area contributed by atoms with E-state index in [2.05, 4.69) is 32.7 Å². The molecule has 1 atom stereocenters. The molecule has 9 nitrogen and oxygen atoms in total. The van der Waals surface area contributed by atoms with Crippen molar-refractivity contribution in [3.8, 4) is 11.1 Å². The van der Waals surface area contributed by atoms with Gasteiger partial charge in [0.25, 0.3) is 0 Å². The molecule has 166 valence electrons. The lowest BCUT2D eigenvalue weighted by Crippen LogP contribution is -2.44. The lowest BCUT2D eigenvalue weighted by molar-refractivity contribution is -0.115. The molecule has 1 aliphatic heterocycles. The van der Waals surface area contributed by atoms with Crippen molar-refractivity contribution >= 4 is 35.3 Å². The molecule has 1 aromatic carbocycles. The average molecular weight is 434 g/mol. The lowest BCUT2D eigenvalue weighted by atomic mass is 10.00. The van der Waals surface area contributed by atoms with Crippen LogP contribution in [0.15, 0.2) is 42.6 Å². The maximum absolute atomic E-state index is 11.7. The molecule has 9 heteroatoms. The third-order valence-electron chi connectivity index (χ3n) is 5.41. The van der Waals surface area contributed by atoms with Crippen molar-refractivity contribution in [1.29, 1.82) is 5.41 Å². The van der Waals surface area contributed by atoms with Gasteiger partial charge in [0, 0.05) is 36.5 Å². The Morgan fingerprint density at radius 2 is 2.16 bits per heavy atom. The summed E-state index contributed by atoms with van der Waals surface area (Å²) in [5, 5.41) is 21.1. The van der Waals surface area contributed by atoms with Crippen molar-refractivity contribution in [3.63, 3.8) is 0 Å². The number of morpholine rings is 1. The Bertz CT molecular complexity index is 1080. The number of amides is 1. The number of pyridine rings is 1. The van der Waals surface area contributed by atoms with E-state index in [-0.39, 0.29) is 11.9 Å². The Hall–Kier alpha value is -3.72. The van der Waals surface area contributed by atoms with Crippen molar-refractivity contribution in [2.75, 3.05) is 35.3 Å². The maximum Gasteiger partial charge on any atom is 0.224 e. The monoisotopic (exact) mass is 433 g/mol. The molecule has 32 heavy (non-hydrogen) atoms. The molecule has 0 bridgehead atoms. The minimum atomic E-state index is -0.0310. The van der Waals surface area contributed by atoms with Crippen LogP contribution in [0.5, 0.6) is 0 Å². The highest BCUT2D eigenvalue weighted by Gasteiger charge is 2.23. The van der Waals surface area contributed by atoms with Crippen LogP contribution in [0.3, 0.4) is 0 Å². The van der Waals surface area contributed by atoms with Crippen LogP contribution in [0.2, 0.25) is 0 Å². The predicted octanol–water partition coefficient (Wildman–Crippen LogP) is 3.79. The van der Waals surface area contributed by atoms with E-state index >= 15 is 0 Å². The second kappa shape index (κ2) is 9.61. The van der Waals surface area contributed by atoms with Crippen molar-refractivity contribution in [1.82, 2.24) is 15.2 Å². The zero-order valence-corrected chi connectivity index (χ0v) is 18.2. The van der Waals surface area contributed by atoms with Gasteiger partial charge in [-0.3, -0.25) is 9.89 Å². The number of carbonyl (C=O) groups excluding carboxylic acids is 1. The predicted molar refractivity (Wildman–Crippen MR) is 126 cm³/mol. The number of nitrogens with one attached hydrogen (secondary N) is 4. The summed E-state index contributed by atoms with van der Waals surface area (Å²) in [6.45, 7) is 5.95. The number of H-pyrrole nitrogens is 1. The Morgan fingerprint density at radius 3 is 2.81 bits per heavy atom. The van der Waals surface area contributed by atoms with Crippen LogP contribution in [0.25, 0.3) is 11.1 Å². The molecule has 1 fully saturated rings. The molecule has 3 heterocycles. The van der Waals surface area contributed by atoms with E-state index in [0.717, 1.165) is 29.2 Å². The van der Waals surface area contributed by atoms with E-state index < -0.39 is 0 Å². The second-order valence-corrected chi connectivity index (χ2v) is 7.63. The number of carbonyl (C=O) groups is 1. The lowest BCUT2D eigenvalue weighted by Gasteiger charge is -2.35. The Morgan fingerprint density at radius 1 is 1.34 bits per heavy atom. The molecular weight excluding hydrogens is 406 g/mol. The van der Waals surface area contributed by atoms with Crippen molar-refractivity contribution < 1.29 is 9.53 Å². The first kappa shape index (κ1) is 21.5. The molecular formula is C23H27N7O2. The molecule has 0 saturated carbocycles. The van der Waals surface area contributed by atoms with E-state index in [4.69, 9.17) is 15.1 Å². The van der Waals surface area contributed by atoms with Crippen LogP contribution in [0, 0.1) is 5.41 Å². The van der Waals surface area contributed by atoms with Crippen LogP contribution in [0.1, 0.15) is 25.8 Å². The first-order valence-electron chi connectivity index (χ1n) is 10.7. The summed E-state index contributed by atoms with van der Waals surface area (Å²) < 4.78 is 5.59. The van der Waals surface area contributed by atoms with Gasteiger partial charge in [-0.1, -0.05) is 19.1 Å². The summed E-state index contributed by atoms with van der Waals surface area (Å²) in [4.78, 5) is 18.8. The van der Waals surface area contributed by atoms with Gasteiger partial charge in [-0.05, 0) is 36.2 Å². The van der Waals surface area contributed by atoms with Gasteiger partial charge in [-0.15, -0.1) is 0 Å². The highest BCUT2D eigenvalue weighted by Crippen LogP contribution is 2.33. The summed E-state index contributed by atoms with van der Waals surface area (Å²) >= 11 is 0. The SMILES string of the molecule is CCC(=O)Nc1ccc(-c2cc(N3CCOC[C@H]3C)nc(Nc3ccn[nH]3)c2C=N)cc1. The molecule has 4 N–H and O–H groups in total. The van der Waals surface area contributed by atoms with Crippen LogP contribution in [0.4, 0.5) is 23.1 Å². The highest BCUT2D eigenvalue weighted by atomic mass is 16.5. The second-order valence-electron chi connectivity index (χ2n) is 7.63. The fraction of sp³-hybridized carbons (Fsp3) is 0.304. The van der Waals surface area contributed by atoms with Crippen LogP contribution < -0.4 is 15.5 Å². The summed E-state index contributed by atoms with van der Waals surface area (Å²) in [6, 6.07) is 11.6. The molecule has 0 radical (unpaired) electrons. The average Bonchev–Trinajstić information content (AvgIpc) is 3.32. The van der Waals surface area contributed by atoms with Gasteiger partial charge in [-0.25, -0.2) is 4.98 Å². The van der Waals surface area contributed by atoms with Gasteiger partial charge in [0.05, 0.1) is 25.5 Å². The highest BCUT2D eigenvalue weighted by molar-refractivity contribution is 5.97. The Labute approximate surface area is 186 Å². The van der Waals surface area contributed by atoms with Crippen molar-refractivity contribution in [3.05, 3.63) is 48.2 Å². The number of hydrogen-bond donors (Lipinski definition) is 4. The van der Waals surface area contributed by atoms with E-state index in [1.165, 1.54) is 6.21 Å². The van der Waals surface area contributed by atoms with E-state index in [9.17, 15) is 4.79 Å². The number of aromatic amines is 1. The molecule has 0 aliphatic carbocycles. The fourth-order valence-corrected chi connectivity index (χ4v) is 3.67. The number of rotatable bonds is 7. The summed E-state index contributed by atoms with van der Waals surface area (Å²) in [5.74, 6) is 2.04. The number of ether oxygens (including phenoxy) is 1. The van der Waals surface area contributed by atoms with Crippen LogP contribution in [-0.4, -0.2) is 53.1 Å². The molecule has 1 aliphatic rings. The van der Waals surface area contributed by atoms with E-state index in [0.29, 0.717) is 36.8 Å². The van der Waals surface area contributed by atoms with Crippen molar-refractivity contribution in [2.24, 2.45) is 0 Å². The largest absolute Gasteiger partial charge is 0.377 e. The molecule has 0 unspecified atom stereocenters. The van der Waals surface area contributed by atoms with Gasteiger partial charge in [0.2, 0.25) is 5.91 Å². The maximum atomic E-state index is 11.7. The third kappa shape index (κ3) is 4.62. The van der Waals surface area contributed by atoms with Gasteiger partial charge >= 0.3 is 0 Å². The minimum Gasteiger partial charge on any atom is -0.377 e. The fourth-order valence-electron chi connectivity index (χ4n) is 3.67. The van der Waals surface area contributed by atoms with Crippen molar-refractivity contribution in [2.45, 2.75) is 26.3 Å². The standard InChI is InChI=1S/C23H27N7O2/c1-3-22(31)26-17-6-4-16(5-7-17)18-12-21(30-10-11-32-14-15(30)2)28-23(19(18)13-24)27-20-8-9-25-29-20/h4-9,12-13,15,24H,3,10-11,14H2,1-2H3,(H,26,31)(H2,25,27,28,29)/t15-/m1/s1. The molecule has 4 rings (SSSR count). The number of benzene rings is 1. The normalized spacial score (nSPS) is 15.9. The number of anilines is 4. The quantitative estimate of drug-likeness (QED) is 0.421. The first-order chi connectivity index (χ1) is 15.6.